The van der Waals surface area contributed by atoms with Gasteiger partial charge in [0.25, 0.3) is 0 Å². The number of amides is 3. The van der Waals surface area contributed by atoms with Crippen molar-refractivity contribution in [3.05, 3.63) is 0 Å². The van der Waals surface area contributed by atoms with Crippen molar-refractivity contribution in [2.24, 2.45) is 0 Å². The van der Waals surface area contributed by atoms with Gasteiger partial charge >= 0.3 is 12.0 Å². The van der Waals surface area contributed by atoms with Gasteiger partial charge in [-0.3, -0.25) is 4.79 Å². The lowest BCUT2D eigenvalue weighted by Crippen LogP contribution is -2.49. The molecule has 3 N–H and O–H groups in total. The maximum atomic E-state index is 11.6. The Kier molecular flexibility index (Phi) is 7.50. The van der Waals surface area contributed by atoms with Gasteiger partial charge in [0.05, 0.1) is 6.54 Å². The average molecular weight is 259 g/mol. The van der Waals surface area contributed by atoms with Gasteiger partial charge in [-0.15, -0.1) is 0 Å². The Morgan fingerprint density at radius 3 is 2.28 bits per heavy atom. The molecule has 18 heavy (non-hydrogen) atoms. The van der Waals surface area contributed by atoms with Gasteiger partial charge in [0.2, 0.25) is 5.91 Å². The third kappa shape index (κ3) is 5.51. The van der Waals surface area contributed by atoms with Crippen LogP contribution in [0.15, 0.2) is 0 Å². The topological polar surface area (TPSA) is 98.7 Å². The van der Waals surface area contributed by atoms with Crippen LogP contribution in [0.4, 0.5) is 4.79 Å². The van der Waals surface area contributed by atoms with E-state index in [1.807, 2.05) is 6.92 Å². The normalized spacial score (nSPS) is 11.5. The van der Waals surface area contributed by atoms with Crippen molar-refractivity contribution in [1.29, 1.82) is 0 Å². The Bertz CT molecular complexity index is 307. The molecule has 0 spiro atoms. The van der Waals surface area contributed by atoms with Gasteiger partial charge in [0.15, 0.2) is 0 Å². The second-order valence-corrected chi connectivity index (χ2v) is 3.88. The molecule has 1 unspecified atom stereocenters. The van der Waals surface area contributed by atoms with Crippen LogP contribution in [0.2, 0.25) is 0 Å². The number of hydrogen-bond acceptors (Lipinski definition) is 3. The van der Waals surface area contributed by atoms with E-state index < -0.39 is 18.0 Å². The highest BCUT2D eigenvalue weighted by Crippen LogP contribution is 2.01. The Balaban J connectivity index is 4.15. The van der Waals surface area contributed by atoms with Gasteiger partial charge in [-0.2, -0.15) is 0 Å². The second-order valence-electron chi connectivity index (χ2n) is 3.88. The summed E-state index contributed by atoms with van der Waals surface area (Å²) in [6, 6.07) is -1.46. The highest BCUT2D eigenvalue weighted by atomic mass is 16.4. The van der Waals surface area contributed by atoms with E-state index in [4.69, 9.17) is 5.11 Å². The summed E-state index contributed by atoms with van der Waals surface area (Å²) in [5.74, 6) is -1.35. The number of rotatable bonds is 7. The summed E-state index contributed by atoms with van der Waals surface area (Å²) < 4.78 is 0. The highest BCUT2D eigenvalue weighted by molar-refractivity contribution is 5.86. The lowest BCUT2D eigenvalue weighted by Gasteiger charge is -2.23. The predicted molar refractivity (Wildman–Crippen MR) is 66.2 cm³/mol. The fourth-order valence-corrected chi connectivity index (χ4v) is 1.36. The van der Waals surface area contributed by atoms with E-state index in [0.717, 1.165) is 11.3 Å². The fourth-order valence-electron chi connectivity index (χ4n) is 1.36. The van der Waals surface area contributed by atoms with Crippen molar-refractivity contribution in [2.45, 2.75) is 32.7 Å². The maximum Gasteiger partial charge on any atom is 0.326 e. The molecule has 0 bridgehead atoms. The number of carboxylic acid groups (broad SMARTS) is 1. The van der Waals surface area contributed by atoms with E-state index in [1.165, 1.54) is 7.05 Å². The lowest BCUT2D eigenvalue weighted by atomic mass is 10.2. The number of carboxylic acids is 1. The number of carbonyl (C=O) groups excluding carboxylic acids is 2. The van der Waals surface area contributed by atoms with Crippen molar-refractivity contribution in [1.82, 2.24) is 15.5 Å². The number of nitrogens with zero attached hydrogens (tertiary/aromatic N) is 1. The van der Waals surface area contributed by atoms with E-state index in [-0.39, 0.29) is 12.5 Å². The fraction of sp³-hybridized carbons (Fsp3) is 0.727. The number of urea groups is 1. The summed E-state index contributed by atoms with van der Waals surface area (Å²) in [5.41, 5.74) is 0. The molecule has 0 aromatic carbocycles. The summed E-state index contributed by atoms with van der Waals surface area (Å²) in [5, 5.41) is 13.9. The molecule has 0 aliphatic heterocycles. The molecule has 0 aliphatic carbocycles. The molecule has 0 rings (SSSR count). The van der Waals surface area contributed by atoms with Crippen LogP contribution in [0.25, 0.3) is 0 Å². The first-order valence-corrected chi connectivity index (χ1v) is 5.94. The van der Waals surface area contributed by atoms with Gasteiger partial charge in [0, 0.05) is 13.6 Å². The SMILES string of the molecule is CCCNC(=O)CNC(=O)N(C)C(CC)C(=O)O. The molecular formula is C11H21N3O4. The molecule has 0 aliphatic rings. The van der Waals surface area contributed by atoms with E-state index in [0.29, 0.717) is 13.0 Å². The molecule has 104 valence electrons. The third-order valence-corrected chi connectivity index (χ3v) is 2.43. The van der Waals surface area contributed by atoms with Gasteiger partial charge < -0.3 is 20.6 Å². The minimum absolute atomic E-state index is 0.154. The molecule has 1 atom stereocenters. The number of aliphatic carboxylic acids is 1. The van der Waals surface area contributed by atoms with E-state index >= 15 is 0 Å². The second kappa shape index (κ2) is 8.32. The lowest BCUT2D eigenvalue weighted by molar-refractivity contribution is -0.141. The van der Waals surface area contributed by atoms with Crippen LogP contribution in [0.1, 0.15) is 26.7 Å². The molecule has 7 heteroatoms. The van der Waals surface area contributed by atoms with E-state index in [1.54, 1.807) is 6.92 Å². The maximum absolute atomic E-state index is 11.6. The minimum atomic E-state index is -1.06. The van der Waals surface area contributed by atoms with Crippen LogP contribution in [-0.2, 0) is 9.59 Å². The van der Waals surface area contributed by atoms with E-state index in [2.05, 4.69) is 10.6 Å². The molecular weight excluding hydrogens is 238 g/mol. The molecule has 0 saturated heterocycles. The number of likely N-dealkylation sites (N-methyl/N-ethyl adjacent to an activating group) is 1. The Labute approximate surface area is 107 Å². The monoisotopic (exact) mass is 259 g/mol. The van der Waals surface area contributed by atoms with E-state index in [9.17, 15) is 14.4 Å². The number of carbonyl (C=O) groups is 3. The summed E-state index contributed by atoms with van der Waals surface area (Å²) in [6.07, 6.45) is 1.12. The largest absolute Gasteiger partial charge is 0.480 e. The molecule has 0 saturated carbocycles. The van der Waals surface area contributed by atoms with Gasteiger partial charge in [-0.05, 0) is 12.8 Å². The van der Waals surface area contributed by atoms with Crippen LogP contribution >= 0.6 is 0 Å². The van der Waals surface area contributed by atoms with Crippen LogP contribution in [0, 0.1) is 0 Å². The van der Waals surface area contributed by atoms with Gasteiger partial charge in [-0.25, -0.2) is 9.59 Å². The van der Waals surface area contributed by atoms with Crippen LogP contribution in [0.5, 0.6) is 0 Å². The van der Waals surface area contributed by atoms with Gasteiger partial charge in [-0.1, -0.05) is 13.8 Å². The molecule has 0 aromatic heterocycles. The summed E-state index contributed by atoms with van der Waals surface area (Å²) in [7, 11) is 1.39. The van der Waals surface area contributed by atoms with Crippen LogP contribution in [0.3, 0.4) is 0 Å². The van der Waals surface area contributed by atoms with Crippen LogP contribution < -0.4 is 10.6 Å². The molecule has 3 amide bonds. The predicted octanol–water partition coefficient (Wildman–Crippen LogP) is 0.0172. The van der Waals surface area contributed by atoms with Crippen molar-refractivity contribution in [3.63, 3.8) is 0 Å². The number of hydrogen-bond donors (Lipinski definition) is 3. The summed E-state index contributed by atoms with van der Waals surface area (Å²) >= 11 is 0. The zero-order valence-corrected chi connectivity index (χ0v) is 11.0. The van der Waals surface area contributed by atoms with Crippen molar-refractivity contribution in [2.75, 3.05) is 20.1 Å². The van der Waals surface area contributed by atoms with Gasteiger partial charge in [0.1, 0.15) is 6.04 Å². The molecule has 0 radical (unpaired) electrons. The highest BCUT2D eigenvalue weighted by Gasteiger charge is 2.24. The van der Waals surface area contributed by atoms with Crippen LogP contribution in [-0.4, -0.2) is 54.1 Å². The zero-order chi connectivity index (χ0) is 14.1. The molecule has 0 heterocycles. The average Bonchev–Trinajstić information content (AvgIpc) is 2.33. The molecule has 0 aromatic rings. The standard InChI is InChI=1S/C11H21N3O4/c1-4-6-12-9(15)7-13-11(18)14(3)8(5-2)10(16)17/h8H,4-7H2,1-3H3,(H,12,15)(H,13,18)(H,16,17). The quantitative estimate of drug-likeness (QED) is 0.600. The summed E-state index contributed by atoms with van der Waals surface area (Å²) in [4.78, 5) is 34.8. The molecule has 0 fully saturated rings. The smallest absolute Gasteiger partial charge is 0.326 e. The Morgan fingerprint density at radius 1 is 1.22 bits per heavy atom. The Hall–Kier alpha value is -1.79. The third-order valence-electron chi connectivity index (χ3n) is 2.43. The zero-order valence-electron chi connectivity index (χ0n) is 11.0. The number of nitrogens with one attached hydrogen (secondary N) is 2. The Morgan fingerprint density at radius 2 is 1.83 bits per heavy atom. The summed E-state index contributed by atoms with van der Waals surface area (Å²) in [6.45, 7) is 4.00. The first kappa shape index (κ1) is 16.2. The van der Waals surface area contributed by atoms with Crippen molar-refractivity contribution in [3.8, 4) is 0 Å². The van der Waals surface area contributed by atoms with Crippen molar-refractivity contribution < 1.29 is 19.5 Å². The molecule has 7 nitrogen and oxygen atoms in total. The van der Waals surface area contributed by atoms with Crippen molar-refractivity contribution >= 4 is 17.9 Å². The minimum Gasteiger partial charge on any atom is -0.480 e. The first-order chi connectivity index (χ1) is 8.43. The first-order valence-electron chi connectivity index (χ1n) is 5.94.